The van der Waals surface area contributed by atoms with Crippen molar-refractivity contribution in [1.82, 2.24) is 14.5 Å². The van der Waals surface area contributed by atoms with Gasteiger partial charge < -0.3 is 4.57 Å². The van der Waals surface area contributed by atoms with E-state index >= 15 is 0 Å². The first kappa shape index (κ1) is 20.0. The van der Waals surface area contributed by atoms with Crippen molar-refractivity contribution in [3.05, 3.63) is 102 Å². The Hall–Kier alpha value is -2.98. The summed E-state index contributed by atoms with van der Waals surface area (Å²) >= 11 is 0. The molecule has 0 aliphatic carbocycles. The van der Waals surface area contributed by atoms with Crippen LogP contribution in [-0.2, 0) is 19.5 Å². The van der Waals surface area contributed by atoms with Crippen LogP contribution >= 0.6 is 0 Å². The van der Waals surface area contributed by atoms with Crippen LogP contribution in [0.2, 0.25) is 0 Å². The number of fused-ring (bicyclic) bond motifs is 1. The molecule has 31 heavy (non-hydrogen) atoms. The fourth-order valence-corrected chi connectivity index (χ4v) is 4.68. The van der Waals surface area contributed by atoms with Crippen LogP contribution in [0.4, 0.5) is 4.39 Å². The van der Waals surface area contributed by atoms with Gasteiger partial charge in [-0.15, -0.1) is 0 Å². The second kappa shape index (κ2) is 9.03. The van der Waals surface area contributed by atoms with Gasteiger partial charge in [-0.3, -0.25) is 4.90 Å². The second-order valence-corrected chi connectivity index (χ2v) is 8.64. The number of aromatic nitrogens is 2. The minimum atomic E-state index is -0.193. The largest absolute Gasteiger partial charge is 0.323 e. The van der Waals surface area contributed by atoms with Crippen LogP contribution in [0.25, 0.3) is 11.0 Å². The van der Waals surface area contributed by atoms with E-state index in [-0.39, 0.29) is 5.82 Å². The molecule has 0 N–H and O–H groups in total. The zero-order valence-electron chi connectivity index (χ0n) is 17.8. The molecule has 4 aromatic rings. The lowest BCUT2D eigenvalue weighted by Gasteiger charge is -2.32. The number of para-hydroxylation sites is 2. The van der Waals surface area contributed by atoms with Crippen LogP contribution in [0, 0.1) is 11.7 Å². The van der Waals surface area contributed by atoms with Crippen molar-refractivity contribution in [1.29, 1.82) is 0 Å². The van der Waals surface area contributed by atoms with Gasteiger partial charge in [0.2, 0.25) is 0 Å². The van der Waals surface area contributed by atoms with E-state index < -0.39 is 0 Å². The predicted molar refractivity (Wildman–Crippen MR) is 123 cm³/mol. The van der Waals surface area contributed by atoms with Crippen LogP contribution in [0.3, 0.4) is 0 Å². The maximum Gasteiger partial charge on any atom is 0.123 e. The van der Waals surface area contributed by atoms with E-state index in [1.807, 2.05) is 18.2 Å². The molecule has 1 aromatic heterocycles. The molecule has 5 rings (SSSR count). The fraction of sp³-hybridized carbons (Fsp3) is 0.296. The average Bonchev–Trinajstić information content (AvgIpc) is 3.14. The number of halogens is 1. The quantitative estimate of drug-likeness (QED) is 0.406. The number of benzene rings is 3. The Balaban J connectivity index is 1.29. The molecule has 3 nitrogen and oxygen atoms in total. The highest BCUT2D eigenvalue weighted by atomic mass is 19.1. The molecule has 3 aromatic carbocycles. The number of piperidine rings is 1. The SMILES string of the molecule is Fc1ccc(Cn2c(CC3CCN(Cc4ccccc4)CC3)nc3ccccc32)cc1. The molecule has 0 atom stereocenters. The molecule has 1 aliphatic rings. The highest BCUT2D eigenvalue weighted by Crippen LogP contribution is 2.26. The van der Waals surface area contributed by atoms with Crippen molar-refractivity contribution < 1.29 is 4.39 Å². The molecule has 158 valence electrons. The summed E-state index contributed by atoms with van der Waals surface area (Å²) in [5.41, 5.74) is 4.69. The van der Waals surface area contributed by atoms with Gasteiger partial charge >= 0.3 is 0 Å². The molecule has 0 spiro atoms. The summed E-state index contributed by atoms with van der Waals surface area (Å²) in [5.74, 6) is 1.60. The predicted octanol–water partition coefficient (Wildman–Crippen LogP) is 5.68. The summed E-state index contributed by atoms with van der Waals surface area (Å²) in [6.45, 7) is 4.04. The molecule has 0 saturated carbocycles. The first-order chi connectivity index (χ1) is 15.2. The van der Waals surface area contributed by atoms with Gasteiger partial charge in [0.25, 0.3) is 0 Å². The lowest BCUT2D eigenvalue weighted by molar-refractivity contribution is 0.175. The maximum absolute atomic E-state index is 13.4. The van der Waals surface area contributed by atoms with Crippen LogP contribution < -0.4 is 0 Å². The number of hydrogen-bond donors (Lipinski definition) is 0. The Labute approximate surface area is 183 Å². The number of hydrogen-bond acceptors (Lipinski definition) is 2. The minimum Gasteiger partial charge on any atom is -0.323 e. The Bertz CT molecular complexity index is 1130. The number of nitrogens with zero attached hydrogens (tertiary/aromatic N) is 3. The molecule has 0 radical (unpaired) electrons. The van der Waals surface area contributed by atoms with Crippen LogP contribution in [0.1, 0.15) is 29.8 Å². The molecule has 0 bridgehead atoms. The van der Waals surface area contributed by atoms with Crippen LogP contribution in [-0.4, -0.2) is 27.5 Å². The number of rotatable bonds is 6. The topological polar surface area (TPSA) is 21.1 Å². The zero-order valence-corrected chi connectivity index (χ0v) is 17.8. The third-order valence-electron chi connectivity index (χ3n) is 6.41. The molecule has 2 heterocycles. The molecule has 1 aliphatic heterocycles. The van der Waals surface area contributed by atoms with Gasteiger partial charge in [-0.05, 0) is 67.2 Å². The Morgan fingerprint density at radius 3 is 2.23 bits per heavy atom. The van der Waals surface area contributed by atoms with Crippen LogP contribution in [0.15, 0.2) is 78.9 Å². The summed E-state index contributed by atoms with van der Waals surface area (Å²) in [7, 11) is 0. The molecule has 1 fully saturated rings. The van der Waals surface area contributed by atoms with Gasteiger partial charge in [-0.25, -0.2) is 9.37 Å². The van der Waals surface area contributed by atoms with Gasteiger partial charge in [0, 0.05) is 19.5 Å². The van der Waals surface area contributed by atoms with Crippen molar-refractivity contribution >= 4 is 11.0 Å². The van der Waals surface area contributed by atoms with Gasteiger partial charge in [0.1, 0.15) is 11.6 Å². The second-order valence-electron chi connectivity index (χ2n) is 8.64. The van der Waals surface area contributed by atoms with Crippen molar-refractivity contribution in [3.8, 4) is 0 Å². The van der Waals surface area contributed by atoms with Gasteiger partial charge in [0.05, 0.1) is 11.0 Å². The van der Waals surface area contributed by atoms with Gasteiger partial charge in [-0.1, -0.05) is 54.6 Å². The summed E-state index contributed by atoms with van der Waals surface area (Å²) in [5, 5.41) is 0. The van der Waals surface area contributed by atoms with Crippen molar-refractivity contribution in [2.24, 2.45) is 5.92 Å². The van der Waals surface area contributed by atoms with Crippen LogP contribution in [0.5, 0.6) is 0 Å². The first-order valence-corrected chi connectivity index (χ1v) is 11.2. The van der Waals surface area contributed by atoms with E-state index in [2.05, 4.69) is 58.0 Å². The third-order valence-corrected chi connectivity index (χ3v) is 6.41. The Kier molecular flexibility index (Phi) is 5.81. The highest BCUT2D eigenvalue weighted by molar-refractivity contribution is 5.76. The lowest BCUT2D eigenvalue weighted by Crippen LogP contribution is -2.34. The Morgan fingerprint density at radius 1 is 0.774 bits per heavy atom. The van der Waals surface area contributed by atoms with E-state index in [0.717, 1.165) is 55.0 Å². The zero-order chi connectivity index (χ0) is 21.0. The van der Waals surface area contributed by atoms with Gasteiger partial charge in [-0.2, -0.15) is 0 Å². The molecule has 0 amide bonds. The molecule has 1 saturated heterocycles. The monoisotopic (exact) mass is 413 g/mol. The van der Waals surface area contributed by atoms with Gasteiger partial charge in [0.15, 0.2) is 0 Å². The lowest BCUT2D eigenvalue weighted by atomic mass is 9.93. The van der Waals surface area contributed by atoms with Crippen molar-refractivity contribution in [3.63, 3.8) is 0 Å². The van der Waals surface area contributed by atoms with Crippen molar-refractivity contribution in [2.45, 2.75) is 32.4 Å². The molecular weight excluding hydrogens is 385 g/mol. The standard InChI is InChI=1S/C27H28FN3/c28-24-12-10-23(11-13-24)20-31-26-9-5-4-8-25(26)29-27(31)18-21-14-16-30(17-15-21)19-22-6-2-1-3-7-22/h1-13,21H,14-20H2. The molecule has 4 heteroatoms. The average molecular weight is 414 g/mol. The summed E-state index contributed by atoms with van der Waals surface area (Å²) < 4.78 is 15.7. The van der Waals surface area contributed by atoms with E-state index in [9.17, 15) is 4.39 Å². The summed E-state index contributed by atoms with van der Waals surface area (Å²) in [4.78, 5) is 7.55. The van der Waals surface area contributed by atoms with E-state index in [1.54, 1.807) is 0 Å². The highest BCUT2D eigenvalue weighted by Gasteiger charge is 2.22. The molecular formula is C27H28FN3. The van der Waals surface area contributed by atoms with E-state index in [1.165, 1.54) is 30.5 Å². The first-order valence-electron chi connectivity index (χ1n) is 11.2. The number of imidazole rings is 1. The normalized spacial score (nSPS) is 15.5. The Morgan fingerprint density at radius 2 is 1.45 bits per heavy atom. The van der Waals surface area contributed by atoms with E-state index in [4.69, 9.17) is 4.98 Å². The third kappa shape index (κ3) is 4.70. The summed E-state index contributed by atoms with van der Waals surface area (Å²) in [6.07, 6.45) is 3.40. The van der Waals surface area contributed by atoms with E-state index in [0.29, 0.717) is 5.92 Å². The maximum atomic E-state index is 13.4. The fourth-order valence-electron chi connectivity index (χ4n) is 4.68. The summed E-state index contributed by atoms with van der Waals surface area (Å²) in [6, 6.07) is 25.9. The molecule has 0 unspecified atom stereocenters. The minimum absolute atomic E-state index is 0.193. The number of likely N-dealkylation sites (tertiary alicyclic amines) is 1. The smallest absolute Gasteiger partial charge is 0.123 e. The van der Waals surface area contributed by atoms with Crippen molar-refractivity contribution in [2.75, 3.05) is 13.1 Å².